The number of rotatable bonds is 6. The van der Waals surface area contributed by atoms with Crippen molar-refractivity contribution in [2.75, 3.05) is 30.4 Å². The molecule has 1 aliphatic carbocycles. The van der Waals surface area contributed by atoms with Gasteiger partial charge in [-0.1, -0.05) is 32.1 Å². The van der Waals surface area contributed by atoms with Crippen LogP contribution in [0.2, 0.25) is 0 Å². The Balaban J connectivity index is 1.84. The molecule has 106 valence electrons. The summed E-state index contributed by atoms with van der Waals surface area (Å²) >= 11 is 0. The van der Waals surface area contributed by atoms with Crippen molar-refractivity contribution in [2.45, 2.75) is 45.4 Å². The van der Waals surface area contributed by atoms with Gasteiger partial charge in [0, 0.05) is 26.2 Å². The maximum atomic E-state index is 4.36. The molecule has 1 N–H and O–H groups in total. The van der Waals surface area contributed by atoms with Crippen molar-refractivity contribution in [3.63, 3.8) is 0 Å². The van der Waals surface area contributed by atoms with Crippen LogP contribution in [-0.4, -0.2) is 30.1 Å². The first-order chi connectivity index (χ1) is 9.29. The van der Waals surface area contributed by atoms with Crippen molar-refractivity contribution in [1.29, 1.82) is 0 Å². The van der Waals surface area contributed by atoms with Crippen molar-refractivity contribution in [3.05, 3.63) is 12.4 Å². The highest BCUT2D eigenvalue weighted by Crippen LogP contribution is 2.26. The zero-order chi connectivity index (χ0) is 13.5. The van der Waals surface area contributed by atoms with Crippen LogP contribution in [0.5, 0.6) is 0 Å². The second kappa shape index (κ2) is 7.31. The maximum Gasteiger partial charge on any atom is 0.133 e. The molecule has 0 amide bonds. The summed E-state index contributed by atoms with van der Waals surface area (Å²) in [6, 6.07) is 2.03. The lowest BCUT2D eigenvalue weighted by atomic mass is 9.87. The molecule has 0 unspecified atom stereocenters. The number of nitrogens with zero attached hydrogens (tertiary/aromatic N) is 3. The third-order valence-corrected chi connectivity index (χ3v) is 4.00. The molecule has 1 aromatic rings. The predicted octanol–water partition coefficient (Wildman–Crippen LogP) is 3.32. The third kappa shape index (κ3) is 4.37. The van der Waals surface area contributed by atoms with Crippen LogP contribution in [0.15, 0.2) is 12.4 Å². The highest BCUT2D eigenvalue weighted by molar-refractivity contribution is 5.47. The van der Waals surface area contributed by atoms with E-state index in [1.54, 1.807) is 6.33 Å². The number of anilines is 2. The lowest BCUT2D eigenvalue weighted by molar-refractivity contribution is 0.341. The molecule has 1 aromatic heterocycles. The van der Waals surface area contributed by atoms with Crippen LogP contribution in [0, 0.1) is 5.92 Å². The Morgan fingerprint density at radius 3 is 2.79 bits per heavy atom. The Morgan fingerprint density at radius 1 is 1.26 bits per heavy atom. The minimum atomic E-state index is 0.891. The summed E-state index contributed by atoms with van der Waals surface area (Å²) in [4.78, 5) is 10.8. The van der Waals surface area contributed by atoms with Crippen LogP contribution in [0.1, 0.15) is 45.4 Å². The first-order valence-electron chi connectivity index (χ1n) is 7.56. The van der Waals surface area contributed by atoms with Crippen molar-refractivity contribution in [1.82, 2.24) is 9.97 Å². The van der Waals surface area contributed by atoms with Crippen molar-refractivity contribution in [3.8, 4) is 0 Å². The van der Waals surface area contributed by atoms with Crippen LogP contribution in [0.3, 0.4) is 0 Å². The molecule has 2 rings (SSSR count). The van der Waals surface area contributed by atoms with Gasteiger partial charge in [-0.05, 0) is 19.3 Å². The Bertz CT molecular complexity index is 374. The van der Waals surface area contributed by atoms with Crippen LogP contribution in [-0.2, 0) is 0 Å². The molecule has 1 fully saturated rings. The number of hydrogen-bond acceptors (Lipinski definition) is 4. The van der Waals surface area contributed by atoms with Gasteiger partial charge >= 0.3 is 0 Å². The smallest absolute Gasteiger partial charge is 0.133 e. The highest BCUT2D eigenvalue weighted by Gasteiger charge is 2.14. The van der Waals surface area contributed by atoms with Gasteiger partial charge in [-0.25, -0.2) is 9.97 Å². The zero-order valence-electron chi connectivity index (χ0n) is 12.2. The molecule has 1 saturated carbocycles. The molecule has 1 heterocycles. The molecule has 0 saturated heterocycles. The van der Waals surface area contributed by atoms with Crippen LogP contribution < -0.4 is 10.2 Å². The molecule has 0 atom stereocenters. The third-order valence-electron chi connectivity index (χ3n) is 4.00. The second-order valence-corrected chi connectivity index (χ2v) is 5.51. The normalized spacial score (nSPS) is 16.3. The Hall–Kier alpha value is -1.32. The average Bonchev–Trinajstić information content (AvgIpc) is 2.46. The second-order valence-electron chi connectivity index (χ2n) is 5.51. The topological polar surface area (TPSA) is 41.0 Å². The molecule has 19 heavy (non-hydrogen) atoms. The average molecular weight is 262 g/mol. The lowest BCUT2D eigenvalue weighted by Crippen LogP contribution is -2.23. The summed E-state index contributed by atoms with van der Waals surface area (Å²) in [6.07, 6.45) is 10.0. The van der Waals surface area contributed by atoms with Gasteiger partial charge < -0.3 is 10.2 Å². The number of hydrogen-bond donors (Lipinski definition) is 1. The fourth-order valence-electron chi connectivity index (χ4n) is 2.80. The zero-order valence-corrected chi connectivity index (χ0v) is 12.2. The van der Waals surface area contributed by atoms with Gasteiger partial charge in [-0.15, -0.1) is 0 Å². The number of aromatic nitrogens is 2. The minimum Gasteiger partial charge on any atom is -0.370 e. The SMILES string of the molecule is CCNc1cc(N(C)CCC2CCCCC2)ncn1. The van der Waals surface area contributed by atoms with E-state index in [2.05, 4.69) is 34.2 Å². The first kappa shape index (κ1) is 14.1. The van der Waals surface area contributed by atoms with E-state index in [1.807, 2.05) is 6.07 Å². The van der Waals surface area contributed by atoms with Crippen molar-refractivity contribution < 1.29 is 0 Å². The first-order valence-corrected chi connectivity index (χ1v) is 7.56. The molecular formula is C15H26N4. The molecule has 4 heteroatoms. The fourth-order valence-corrected chi connectivity index (χ4v) is 2.80. The van der Waals surface area contributed by atoms with Crippen LogP contribution in [0.4, 0.5) is 11.6 Å². The van der Waals surface area contributed by atoms with Gasteiger partial charge in [-0.2, -0.15) is 0 Å². The van der Waals surface area contributed by atoms with Gasteiger partial charge in [-0.3, -0.25) is 0 Å². The van der Waals surface area contributed by atoms with Gasteiger partial charge in [0.15, 0.2) is 0 Å². The van der Waals surface area contributed by atoms with Crippen LogP contribution in [0.25, 0.3) is 0 Å². The van der Waals surface area contributed by atoms with Crippen LogP contribution >= 0.6 is 0 Å². The van der Waals surface area contributed by atoms with E-state index in [1.165, 1.54) is 38.5 Å². The van der Waals surface area contributed by atoms with Crippen molar-refractivity contribution >= 4 is 11.6 Å². The van der Waals surface area contributed by atoms with E-state index in [0.717, 1.165) is 30.6 Å². The van der Waals surface area contributed by atoms with E-state index in [-0.39, 0.29) is 0 Å². The quantitative estimate of drug-likeness (QED) is 0.854. The molecule has 0 bridgehead atoms. The summed E-state index contributed by atoms with van der Waals surface area (Å²) in [5.74, 6) is 2.85. The van der Waals surface area contributed by atoms with Crippen molar-refractivity contribution in [2.24, 2.45) is 5.92 Å². The Morgan fingerprint density at radius 2 is 2.05 bits per heavy atom. The van der Waals surface area contributed by atoms with Gasteiger partial charge in [0.05, 0.1) is 0 Å². The van der Waals surface area contributed by atoms with E-state index in [4.69, 9.17) is 0 Å². The van der Waals surface area contributed by atoms with E-state index in [0.29, 0.717) is 0 Å². The largest absolute Gasteiger partial charge is 0.370 e. The highest BCUT2D eigenvalue weighted by atomic mass is 15.2. The van der Waals surface area contributed by atoms with Gasteiger partial charge in [0.1, 0.15) is 18.0 Å². The summed E-state index contributed by atoms with van der Waals surface area (Å²) in [5, 5.41) is 3.23. The van der Waals surface area contributed by atoms with E-state index in [9.17, 15) is 0 Å². The van der Waals surface area contributed by atoms with Gasteiger partial charge in [0.25, 0.3) is 0 Å². The molecule has 0 aliphatic heterocycles. The molecule has 1 aliphatic rings. The number of nitrogens with one attached hydrogen (secondary N) is 1. The Kier molecular flexibility index (Phi) is 5.43. The molecular weight excluding hydrogens is 236 g/mol. The summed E-state index contributed by atoms with van der Waals surface area (Å²) in [7, 11) is 2.13. The molecule has 0 spiro atoms. The molecule has 4 nitrogen and oxygen atoms in total. The summed E-state index contributed by atoms with van der Waals surface area (Å²) in [5.41, 5.74) is 0. The van der Waals surface area contributed by atoms with E-state index < -0.39 is 0 Å². The predicted molar refractivity (Wildman–Crippen MR) is 80.7 cm³/mol. The monoisotopic (exact) mass is 262 g/mol. The fraction of sp³-hybridized carbons (Fsp3) is 0.733. The van der Waals surface area contributed by atoms with E-state index >= 15 is 0 Å². The molecule has 0 radical (unpaired) electrons. The lowest BCUT2D eigenvalue weighted by Gasteiger charge is -2.25. The summed E-state index contributed by atoms with van der Waals surface area (Å²) < 4.78 is 0. The minimum absolute atomic E-state index is 0.891. The van der Waals surface area contributed by atoms with Gasteiger partial charge in [0.2, 0.25) is 0 Å². The maximum absolute atomic E-state index is 4.36. The standard InChI is InChI=1S/C15H26N4/c1-3-16-14-11-15(18-12-17-14)19(2)10-9-13-7-5-4-6-8-13/h11-13H,3-10H2,1-2H3,(H,16,17,18). The molecule has 0 aromatic carbocycles. The summed E-state index contributed by atoms with van der Waals surface area (Å²) in [6.45, 7) is 4.06. The Labute approximate surface area is 116 Å².